The predicted molar refractivity (Wildman–Crippen MR) is 180 cm³/mol. The predicted octanol–water partition coefficient (Wildman–Crippen LogP) is -6.64. The summed E-state index contributed by atoms with van der Waals surface area (Å²) in [6.07, 6.45) is -5.49. The Balaban J connectivity index is 0.00000139. The van der Waals surface area contributed by atoms with E-state index in [9.17, 15) is 49.8 Å². The number of carbonyl (C=O) groups is 4. The summed E-state index contributed by atoms with van der Waals surface area (Å²) in [5.74, 6) is -4.70. The first kappa shape index (κ1) is 46.3. The van der Waals surface area contributed by atoms with Crippen LogP contribution >= 0.6 is 45.2 Å². The molecule has 0 fully saturated rings. The van der Waals surface area contributed by atoms with Gasteiger partial charge in [-0.2, -0.15) is 0 Å². The number of likely N-dealkylation sites (N-methyl/N-ethyl adjacent to an activating group) is 1. The van der Waals surface area contributed by atoms with E-state index in [1.807, 2.05) is 45.2 Å². The zero-order chi connectivity index (χ0) is 36.6. The minimum Gasteiger partial charge on any atom is -0.549 e. The number of nitrogens with zero attached hydrogens (tertiary/aromatic N) is 1. The van der Waals surface area contributed by atoms with Gasteiger partial charge in [0.15, 0.2) is 5.75 Å². The van der Waals surface area contributed by atoms with Gasteiger partial charge in [0.25, 0.3) is 0 Å². The molecule has 0 spiro atoms. The van der Waals surface area contributed by atoms with Crippen LogP contribution in [0.4, 0.5) is 0 Å². The van der Waals surface area contributed by atoms with Crippen molar-refractivity contribution in [2.45, 2.75) is 44.3 Å². The number of benzene rings is 2. The number of ether oxygens (including phenoxy) is 1. The molecule has 17 nitrogen and oxygen atoms in total. The van der Waals surface area contributed by atoms with Crippen LogP contribution in [0, 0.1) is 7.14 Å². The Hall–Kier alpha value is -2.74. The van der Waals surface area contributed by atoms with Gasteiger partial charge in [-0.3, -0.25) is 4.90 Å². The number of hydrogen-bond acceptors (Lipinski definition) is 16. The number of carbonyl (C=O) groups excluding carboxylic acids is 4. The Morgan fingerprint density at radius 1 is 0.898 bits per heavy atom. The molecule has 5 atom stereocenters. The van der Waals surface area contributed by atoms with Crippen LogP contribution in [0.15, 0.2) is 36.4 Å². The molecule has 0 saturated carbocycles. The lowest BCUT2D eigenvalue weighted by molar-refractivity contribution is -0.635. The third kappa shape index (κ3) is 17.2. The molecule has 19 heteroatoms. The van der Waals surface area contributed by atoms with Crippen molar-refractivity contribution in [3.63, 3.8) is 0 Å². The van der Waals surface area contributed by atoms with Gasteiger partial charge in [0, 0.05) is 26.2 Å². The molecule has 276 valence electrons. The van der Waals surface area contributed by atoms with Crippen LogP contribution in [-0.2, 0) is 20.8 Å². The van der Waals surface area contributed by atoms with Crippen LogP contribution < -0.4 is 35.8 Å². The van der Waals surface area contributed by atoms with Gasteiger partial charge in [0.05, 0.1) is 50.7 Å². The van der Waals surface area contributed by atoms with Crippen molar-refractivity contribution in [2.24, 2.45) is 0 Å². The average molecular weight is 920 g/mol. The molecule has 8 N–H and O–H groups in total. The van der Waals surface area contributed by atoms with Crippen molar-refractivity contribution >= 4 is 69.1 Å². The lowest BCUT2D eigenvalue weighted by Gasteiger charge is -2.26. The fourth-order valence-electron chi connectivity index (χ4n) is 4.00. The number of aliphatic hydroxyl groups excluding tert-OH is 5. The van der Waals surface area contributed by atoms with E-state index in [2.05, 4.69) is 5.32 Å². The van der Waals surface area contributed by atoms with E-state index in [1.54, 1.807) is 24.5 Å². The number of aliphatic carboxylic acids is 3. The number of carboxylic acids is 4. The number of nitrogens with one attached hydrogen (secondary N) is 1. The number of carboxylic acid groups (broad SMARTS) is 4. The van der Waals surface area contributed by atoms with Gasteiger partial charge in [-0.25, -0.2) is 0 Å². The molecular weight excluding hydrogens is 880 g/mol. The molecule has 2 aromatic carbocycles. The molecule has 0 saturated heterocycles. The molecule has 0 heterocycles. The number of hydrogen-bond donors (Lipinski definition) is 7. The lowest BCUT2D eigenvalue weighted by atomic mass is 10.0. The van der Waals surface area contributed by atoms with Crippen LogP contribution in [0.5, 0.6) is 11.5 Å². The Morgan fingerprint density at radius 2 is 1.41 bits per heavy atom. The van der Waals surface area contributed by atoms with Crippen LogP contribution in [0.3, 0.4) is 0 Å². The summed E-state index contributed by atoms with van der Waals surface area (Å²) in [5.41, 5.74) is 0.668. The van der Waals surface area contributed by atoms with Crippen molar-refractivity contribution in [3.8, 4) is 11.5 Å². The summed E-state index contributed by atoms with van der Waals surface area (Å²) in [6.45, 7) is -1.79. The highest BCUT2D eigenvalue weighted by atomic mass is 127. The van der Waals surface area contributed by atoms with Crippen LogP contribution in [0.2, 0.25) is 0 Å². The molecule has 0 radical (unpaired) electrons. The van der Waals surface area contributed by atoms with Crippen molar-refractivity contribution in [3.05, 3.63) is 54.7 Å². The Labute approximate surface area is 309 Å². The largest absolute Gasteiger partial charge is 0.549 e. The smallest absolute Gasteiger partial charge is 0.154 e. The number of quaternary nitrogens is 1. The summed E-state index contributed by atoms with van der Waals surface area (Å²) in [6, 6.07) is 8.02. The third-order valence-electron chi connectivity index (χ3n) is 6.42. The van der Waals surface area contributed by atoms with Crippen molar-refractivity contribution in [1.29, 1.82) is 0 Å². The van der Waals surface area contributed by atoms with Gasteiger partial charge in [-0.1, -0.05) is 7.43 Å². The first-order valence-corrected chi connectivity index (χ1v) is 16.3. The molecule has 0 aliphatic heterocycles. The van der Waals surface area contributed by atoms with E-state index in [-0.39, 0.29) is 39.0 Å². The van der Waals surface area contributed by atoms with Crippen LogP contribution in [0.25, 0.3) is 0 Å². The molecule has 49 heavy (non-hydrogen) atoms. The highest BCUT2D eigenvalue weighted by Gasteiger charge is 2.30. The van der Waals surface area contributed by atoms with Gasteiger partial charge < -0.3 is 80.5 Å². The van der Waals surface area contributed by atoms with Gasteiger partial charge in [-0.05, 0) is 99.1 Å². The molecule has 0 aliphatic carbocycles. The van der Waals surface area contributed by atoms with Crippen LogP contribution in [-0.4, -0.2) is 131 Å². The van der Waals surface area contributed by atoms with E-state index >= 15 is 0 Å². The van der Waals surface area contributed by atoms with Gasteiger partial charge in [-0.15, -0.1) is 0 Å². The molecule has 1 unspecified atom stereocenters. The number of halogens is 2. The maximum Gasteiger partial charge on any atom is 0.154 e. The van der Waals surface area contributed by atoms with Crippen LogP contribution in [0.1, 0.15) is 23.3 Å². The summed E-state index contributed by atoms with van der Waals surface area (Å²) in [7, 11) is 1.70. The second-order valence-electron chi connectivity index (χ2n) is 10.2. The summed E-state index contributed by atoms with van der Waals surface area (Å²) >= 11 is 4.06. The molecule has 0 aromatic heterocycles. The Kier molecular flexibility index (Phi) is 22.3. The van der Waals surface area contributed by atoms with E-state index in [1.165, 1.54) is 24.3 Å². The van der Waals surface area contributed by atoms with Gasteiger partial charge >= 0.3 is 0 Å². The molecule has 2 rings (SSSR count). The quantitative estimate of drug-likeness (QED) is 0.0608. The topological polar surface area (TPSA) is 303 Å². The molecule has 2 aromatic rings. The molecule has 0 bridgehead atoms. The highest BCUT2D eigenvalue weighted by Crippen LogP contribution is 2.33. The summed E-state index contributed by atoms with van der Waals surface area (Å²) in [4.78, 5) is 45.1. The number of aliphatic hydroxyl groups is 5. The third-order valence-corrected chi connectivity index (χ3v) is 8.02. The first-order chi connectivity index (χ1) is 22.5. The van der Waals surface area contributed by atoms with Gasteiger partial charge in [0.2, 0.25) is 0 Å². The fourth-order valence-corrected chi connectivity index (χ4v) is 6.12. The molecule has 0 amide bonds. The highest BCUT2D eigenvalue weighted by molar-refractivity contribution is 14.1. The first-order valence-electron chi connectivity index (χ1n) is 14.1. The van der Waals surface area contributed by atoms with Crippen molar-refractivity contribution in [2.75, 3.05) is 46.4 Å². The minimum atomic E-state index is -1.53. The van der Waals surface area contributed by atoms with Crippen molar-refractivity contribution < 1.29 is 75.2 Å². The summed E-state index contributed by atoms with van der Waals surface area (Å²) < 4.78 is 7.21. The maximum atomic E-state index is 11.6. The number of nitrogens with two attached hydrogens (primary N) is 1. The monoisotopic (exact) mass is 920 g/mol. The fraction of sp³-hybridized carbons (Fsp3) is 0.467. The Bertz CT molecular complexity index is 1310. The average Bonchev–Trinajstić information content (AvgIpc) is 3.01. The second-order valence-corrected chi connectivity index (χ2v) is 12.6. The second kappa shape index (κ2) is 23.6. The standard InChI is InChI=1S/C22H22I2N2O9.C7H17NO5.CH4/c23-15-7-12(8-16(24)20(15)35-14-3-1-13(2-4-14)21(31)32)9-17(22(33)34)25-5-6-26(10-18(27)28)11-19(29)30;1-8-2-4(10)6(12)7(13)5(11)3-9;/h1-4,7-8,17,25H,5-6,9-11H2,(H,27,28)(H,29,30)(H,31,32)(H,33,34);4-13H,2-3H2,1H3;1H4/p-3/t17-;4-,5?,6+,7+;/m00./s1. The van der Waals surface area contributed by atoms with Crippen molar-refractivity contribution in [1.82, 2.24) is 10.2 Å². The number of rotatable bonds is 20. The van der Waals surface area contributed by atoms with Gasteiger partial charge in [0.1, 0.15) is 36.7 Å². The van der Waals surface area contributed by atoms with E-state index in [0.29, 0.717) is 24.2 Å². The normalized spacial score (nSPS) is 13.9. The number of aromatic carboxylic acids is 1. The molecule has 0 aliphatic rings. The maximum absolute atomic E-state index is 11.6. The zero-order valence-electron chi connectivity index (χ0n) is 25.5. The van der Waals surface area contributed by atoms with E-state index in [0.717, 1.165) is 4.90 Å². The summed E-state index contributed by atoms with van der Waals surface area (Å²) in [5, 5.41) is 93.3. The Morgan fingerprint density at radius 3 is 1.84 bits per heavy atom. The molecular formula is C30H40I2N3O14-3. The SMILES string of the molecule is C.C[NH2+]C[C@H](O)[C@@H](O)[C@H](O)C(O)CO.O=C([O-])CN(CCN[C@@H](Cc1cc(I)c(Oc2ccc(C(=O)[O-])cc2)c(I)c1)C(=O)[O-])CC(=O)[O-]. The minimum absolute atomic E-state index is 0. The van der Waals surface area contributed by atoms with E-state index in [4.69, 9.17) is 20.1 Å². The lowest BCUT2D eigenvalue weighted by Crippen LogP contribution is -2.83. The van der Waals surface area contributed by atoms with E-state index < -0.39 is 74.0 Å². The zero-order valence-corrected chi connectivity index (χ0v) is 29.8.